The number of nitrogens with two attached hydrogens (primary N) is 1. The summed E-state index contributed by atoms with van der Waals surface area (Å²) in [6.07, 6.45) is 3.66. The molecule has 0 aromatic rings. The Morgan fingerprint density at radius 2 is 2.00 bits per heavy atom. The van der Waals surface area contributed by atoms with Crippen molar-refractivity contribution in [3.05, 3.63) is 0 Å². The smallest absolute Gasteiger partial charge is 0.332 e. The third-order valence-corrected chi connectivity index (χ3v) is 2.82. The van der Waals surface area contributed by atoms with Crippen molar-refractivity contribution in [3.8, 4) is 0 Å². The van der Waals surface area contributed by atoms with Crippen molar-refractivity contribution in [1.29, 1.82) is 0 Å². The van der Waals surface area contributed by atoms with Crippen molar-refractivity contribution in [2.75, 3.05) is 20.3 Å². The third-order valence-electron chi connectivity index (χ3n) is 2.82. The molecule has 0 heterocycles. The lowest BCUT2D eigenvalue weighted by atomic mass is 10.0. The molecule has 0 aliphatic heterocycles. The van der Waals surface area contributed by atoms with Crippen LogP contribution in [0.15, 0.2) is 5.16 Å². The van der Waals surface area contributed by atoms with Crippen molar-refractivity contribution in [2.24, 2.45) is 10.9 Å². The van der Waals surface area contributed by atoms with E-state index in [0.29, 0.717) is 13.2 Å². The molecule has 0 aromatic carbocycles. The fourth-order valence-electron chi connectivity index (χ4n) is 1.94. The molecule has 6 heteroatoms. The first kappa shape index (κ1) is 13.9. The van der Waals surface area contributed by atoms with Crippen molar-refractivity contribution in [2.45, 2.75) is 38.2 Å². The number of nitrogens with zero attached hydrogens (tertiary/aromatic N) is 1. The lowest BCUT2D eigenvalue weighted by molar-refractivity contribution is -0.141. The average Bonchev–Trinajstić information content (AvgIpc) is 2.76. The van der Waals surface area contributed by atoms with Crippen LogP contribution in [0.2, 0.25) is 0 Å². The molecule has 0 spiro atoms. The van der Waals surface area contributed by atoms with Gasteiger partial charge in [-0.3, -0.25) is 0 Å². The number of ether oxygens (including phenoxy) is 2. The number of hydrogen-bond donors (Lipinski definition) is 1. The summed E-state index contributed by atoms with van der Waals surface area (Å²) in [6.45, 7) is 2.24. The molecule has 0 unspecified atom stereocenters. The maximum Gasteiger partial charge on any atom is 0.332 e. The zero-order valence-corrected chi connectivity index (χ0v) is 10.4. The second-order valence-corrected chi connectivity index (χ2v) is 4.10. The highest BCUT2D eigenvalue weighted by Gasteiger charge is 2.39. The summed E-state index contributed by atoms with van der Waals surface area (Å²) < 4.78 is 10.7. The second kappa shape index (κ2) is 6.56. The van der Waals surface area contributed by atoms with E-state index in [2.05, 4.69) is 9.99 Å². The Kier molecular flexibility index (Phi) is 5.37. The molecule has 0 atom stereocenters. The summed E-state index contributed by atoms with van der Waals surface area (Å²) >= 11 is 0. The van der Waals surface area contributed by atoms with E-state index in [9.17, 15) is 4.79 Å². The summed E-state index contributed by atoms with van der Waals surface area (Å²) in [4.78, 5) is 15.2. The molecule has 1 saturated carbocycles. The molecule has 0 saturated heterocycles. The predicted molar refractivity (Wildman–Crippen MR) is 62.4 cm³/mol. The van der Waals surface area contributed by atoms with E-state index < -0.39 is 11.6 Å². The highest BCUT2D eigenvalue weighted by Crippen LogP contribution is 2.33. The van der Waals surface area contributed by atoms with Gasteiger partial charge < -0.3 is 20.0 Å². The topological polar surface area (TPSA) is 83.1 Å². The summed E-state index contributed by atoms with van der Waals surface area (Å²) in [5.41, 5.74) is 5.26. The zero-order chi connectivity index (χ0) is 12.7. The van der Waals surface area contributed by atoms with Crippen LogP contribution in [0, 0.1) is 0 Å². The minimum absolute atomic E-state index is 0.237. The molecule has 0 aromatic heterocycles. The van der Waals surface area contributed by atoms with Gasteiger partial charge in [-0.05, 0) is 25.7 Å². The highest BCUT2D eigenvalue weighted by atomic mass is 16.7. The van der Waals surface area contributed by atoms with Gasteiger partial charge in [0.15, 0.2) is 5.84 Å². The Bertz CT molecular complexity index is 285. The van der Waals surface area contributed by atoms with Crippen molar-refractivity contribution in [3.63, 3.8) is 0 Å². The van der Waals surface area contributed by atoms with Gasteiger partial charge in [0.05, 0.1) is 13.2 Å². The molecule has 0 radical (unpaired) electrons. The first-order chi connectivity index (χ1) is 8.10. The maximum absolute atomic E-state index is 10.7. The van der Waals surface area contributed by atoms with Gasteiger partial charge in [0.1, 0.15) is 5.60 Å². The van der Waals surface area contributed by atoms with Crippen molar-refractivity contribution >= 4 is 11.8 Å². The van der Waals surface area contributed by atoms with Crippen LogP contribution in [0.5, 0.6) is 0 Å². The van der Waals surface area contributed by atoms with Crippen LogP contribution in [0.3, 0.4) is 0 Å². The Morgan fingerprint density at radius 1 is 1.35 bits per heavy atom. The first-order valence-electron chi connectivity index (χ1n) is 5.75. The third kappa shape index (κ3) is 3.98. The van der Waals surface area contributed by atoms with E-state index in [4.69, 9.17) is 15.2 Å². The molecular formula is C11H20N2O4. The largest absolute Gasteiger partial charge is 0.382 e. The molecule has 1 aliphatic carbocycles. The minimum Gasteiger partial charge on any atom is -0.382 e. The van der Waals surface area contributed by atoms with Crippen LogP contribution in [-0.2, 0) is 19.1 Å². The first-order valence-corrected chi connectivity index (χ1v) is 5.75. The monoisotopic (exact) mass is 244 g/mol. The molecule has 6 nitrogen and oxygen atoms in total. The Labute approximate surface area is 101 Å². The van der Waals surface area contributed by atoms with Gasteiger partial charge >= 0.3 is 5.97 Å². The standard InChI is InChI=1S/C11H20N2O4/c1-9(14)17-13-10(12)11(5-3-4-6-11)16-8-7-15-2/h3-8H2,1-2H3,(H2,12,13). The predicted octanol–water partition coefficient (Wildman–Crippen LogP) is 0.797. The lowest BCUT2D eigenvalue weighted by Crippen LogP contribution is -2.45. The number of carbonyl (C=O) groups excluding carboxylic acids is 1. The fourth-order valence-corrected chi connectivity index (χ4v) is 1.94. The van der Waals surface area contributed by atoms with E-state index in [1.807, 2.05) is 0 Å². The average molecular weight is 244 g/mol. The number of oxime groups is 1. The van der Waals surface area contributed by atoms with Gasteiger partial charge in [0, 0.05) is 14.0 Å². The molecule has 0 amide bonds. The normalized spacial score (nSPS) is 19.3. The summed E-state index contributed by atoms with van der Waals surface area (Å²) in [6, 6.07) is 0. The molecule has 1 rings (SSSR count). The van der Waals surface area contributed by atoms with E-state index in [0.717, 1.165) is 25.7 Å². The molecule has 2 N–H and O–H groups in total. The van der Waals surface area contributed by atoms with Gasteiger partial charge in [-0.2, -0.15) is 0 Å². The number of hydrogen-bond acceptors (Lipinski definition) is 5. The molecule has 1 fully saturated rings. The summed E-state index contributed by atoms with van der Waals surface area (Å²) in [5, 5.41) is 3.64. The van der Waals surface area contributed by atoms with Gasteiger partial charge in [-0.1, -0.05) is 5.16 Å². The van der Waals surface area contributed by atoms with Crippen LogP contribution in [0.25, 0.3) is 0 Å². The maximum atomic E-state index is 10.7. The Hall–Kier alpha value is -1.14. The van der Waals surface area contributed by atoms with Crippen LogP contribution in [0.1, 0.15) is 32.6 Å². The second-order valence-electron chi connectivity index (χ2n) is 4.10. The number of amidine groups is 1. The molecular weight excluding hydrogens is 224 g/mol. The minimum atomic E-state index is -0.589. The van der Waals surface area contributed by atoms with Crippen LogP contribution in [0.4, 0.5) is 0 Å². The van der Waals surface area contributed by atoms with Gasteiger partial charge in [-0.15, -0.1) is 0 Å². The van der Waals surface area contributed by atoms with Crippen molar-refractivity contribution < 1.29 is 19.1 Å². The van der Waals surface area contributed by atoms with E-state index in [1.54, 1.807) is 7.11 Å². The Balaban J connectivity index is 2.62. The molecule has 98 valence electrons. The fraction of sp³-hybridized carbons (Fsp3) is 0.818. The van der Waals surface area contributed by atoms with E-state index in [1.165, 1.54) is 6.92 Å². The molecule has 17 heavy (non-hydrogen) atoms. The molecule has 0 bridgehead atoms. The molecule has 1 aliphatic rings. The summed E-state index contributed by atoms with van der Waals surface area (Å²) in [5.74, 6) is -0.251. The van der Waals surface area contributed by atoms with E-state index in [-0.39, 0.29) is 5.84 Å². The number of rotatable bonds is 6. The Morgan fingerprint density at radius 3 is 2.53 bits per heavy atom. The van der Waals surface area contributed by atoms with E-state index >= 15 is 0 Å². The van der Waals surface area contributed by atoms with Gasteiger partial charge in [0.25, 0.3) is 0 Å². The lowest BCUT2D eigenvalue weighted by Gasteiger charge is -2.27. The van der Waals surface area contributed by atoms with Crippen LogP contribution < -0.4 is 5.73 Å². The SMILES string of the molecule is COCCOC1(/C(N)=N/OC(C)=O)CCCC1. The zero-order valence-electron chi connectivity index (χ0n) is 10.4. The van der Waals surface area contributed by atoms with Crippen LogP contribution >= 0.6 is 0 Å². The quantitative estimate of drug-likeness (QED) is 0.246. The number of carbonyl (C=O) groups is 1. The van der Waals surface area contributed by atoms with Gasteiger partial charge in [0.2, 0.25) is 0 Å². The van der Waals surface area contributed by atoms with Crippen LogP contribution in [-0.4, -0.2) is 37.7 Å². The summed E-state index contributed by atoms with van der Waals surface area (Å²) in [7, 11) is 1.61. The highest BCUT2D eigenvalue weighted by molar-refractivity contribution is 5.89. The van der Waals surface area contributed by atoms with Gasteiger partial charge in [-0.25, -0.2) is 4.79 Å². The number of methoxy groups -OCH3 is 1. The van der Waals surface area contributed by atoms with Crippen molar-refractivity contribution in [1.82, 2.24) is 0 Å².